The van der Waals surface area contributed by atoms with Crippen molar-refractivity contribution >= 4 is 33.4 Å². The van der Waals surface area contributed by atoms with E-state index >= 15 is 0 Å². The maximum absolute atomic E-state index is 12.5. The number of methoxy groups -OCH3 is 1. The summed E-state index contributed by atoms with van der Waals surface area (Å²) in [6.45, 7) is 0. The molecule has 0 spiro atoms. The minimum absolute atomic E-state index is 0.444. The number of anilines is 1. The Morgan fingerprint density at radius 1 is 1.38 bits per heavy atom. The molecule has 0 aromatic heterocycles. The van der Waals surface area contributed by atoms with Crippen molar-refractivity contribution in [2.75, 3.05) is 18.1 Å². The lowest BCUT2D eigenvalue weighted by molar-refractivity contribution is -0.145. The van der Waals surface area contributed by atoms with Crippen LogP contribution in [0.15, 0.2) is 29.2 Å². The van der Waals surface area contributed by atoms with Crippen LogP contribution in [-0.4, -0.2) is 33.0 Å². The van der Waals surface area contributed by atoms with Crippen LogP contribution in [0.2, 0.25) is 0 Å². The van der Waals surface area contributed by atoms with Crippen molar-refractivity contribution in [1.29, 1.82) is 0 Å². The number of nitrogens with one attached hydrogen (secondary N) is 1. The van der Waals surface area contributed by atoms with Crippen LogP contribution in [0.3, 0.4) is 0 Å². The van der Waals surface area contributed by atoms with Gasteiger partial charge in [0.05, 0.1) is 18.3 Å². The van der Waals surface area contributed by atoms with E-state index < -0.39 is 27.2 Å². The highest BCUT2D eigenvalue weighted by atomic mass is 32.2. The van der Waals surface area contributed by atoms with Gasteiger partial charge in [-0.25, -0.2) is 8.42 Å². The van der Waals surface area contributed by atoms with Crippen molar-refractivity contribution in [2.24, 2.45) is 5.92 Å². The number of carbonyl (C=O) groups is 1. The molecule has 0 saturated heterocycles. The van der Waals surface area contributed by atoms with Crippen LogP contribution in [0.4, 0.5) is 5.69 Å². The lowest BCUT2D eigenvalue weighted by Crippen LogP contribution is -2.35. The molecule has 1 aromatic rings. The van der Waals surface area contributed by atoms with Crippen LogP contribution in [-0.2, 0) is 19.6 Å². The maximum Gasteiger partial charge on any atom is 0.310 e. The largest absolute Gasteiger partial charge is 0.469 e. The molecule has 1 aromatic carbocycles. The summed E-state index contributed by atoms with van der Waals surface area (Å²) in [7, 11) is -2.31. The fraction of sp³-hybridized carbons (Fsp3) is 0.500. The van der Waals surface area contributed by atoms with Crippen molar-refractivity contribution < 1.29 is 17.9 Å². The number of esters is 1. The number of hydrogen-bond acceptors (Lipinski definition) is 5. The second kappa shape index (κ2) is 6.70. The van der Waals surface area contributed by atoms with Crippen molar-refractivity contribution in [2.45, 2.75) is 29.4 Å². The lowest BCUT2D eigenvalue weighted by atomic mass is 10.1. The van der Waals surface area contributed by atoms with Gasteiger partial charge in [0.25, 0.3) is 0 Å². The highest BCUT2D eigenvalue weighted by Gasteiger charge is 2.42. The van der Waals surface area contributed by atoms with Crippen LogP contribution in [0.25, 0.3) is 0 Å². The fourth-order valence-corrected chi connectivity index (χ4v) is 4.87. The van der Waals surface area contributed by atoms with Crippen molar-refractivity contribution in [3.8, 4) is 0 Å². The first kappa shape index (κ1) is 16.2. The predicted molar refractivity (Wildman–Crippen MR) is 83.9 cm³/mol. The Hall–Kier alpha value is -1.21. The first-order valence-electron chi connectivity index (χ1n) is 6.71. The van der Waals surface area contributed by atoms with Crippen LogP contribution >= 0.6 is 11.8 Å². The molecule has 1 aliphatic rings. The minimum Gasteiger partial charge on any atom is -0.469 e. The monoisotopic (exact) mass is 329 g/mol. The molecule has 0 radical (unpaired) electrons. The van der Waals surface area contributed by atoms with Crippen LogP contribution in [0.5, 0.6) is 0 Å². The highest BCUT2D eigenvalue weighted by molar-refractivity contribution is 7.98. The molecule has 21 heavy (non-hydrogen) atoms. The Balaban J connectivity index is 2.19. The minimum atomic E-state index is -3.60. The van der Waals surface area contributed by atoms with Gasteiger partial charge in [-0.15, -0.1) is 11.8 Å². The van der Waals surface area contributed by atoms with Crippen LogP contribution in [0, 0.1) is 5.92 Å². The Kier molecular flexibility index (Phi) is 5.16. The average Bonchev–Trinajstić information content (AvgIpc) is 2.96. The molecule has 0 bridgehead atoms. The van der Waals surface area contributed by atoms with E-state index in [-0.39, 0.29) is 0 Å². The topological polar surface area (TPSA) is 72.5 Å². The molecule has 7 heteroatoms. The molecule has 1 N–H and O–H groups in total. The second-order valence-corrected chi connectivity index (χ2v) is 7.76. The Bertz CT molecular complexity index is 615. The zero-order chi connectivity index (χ0) is 15.5. The molecule has 116 valence electrons. The highest BCUT2D eigenvalue weighted by Crippen LogP contribution is 2.33. The van der Waals surface area contributed by atoms with Gasteiger partial charge in [0.1, 0.15) is 0 Å². The van der Waals surface area contributed by atoms with Gasteiger partial charge in [0.15, 0.2) is 0 Å². The summed E-state index contributed by atoms with van der Waals surface area (Å²) in [6, 6.07) is 7.20. The number of sulfonamides is 1. The standard InChI is InChI=1S/C14H19NO4S2/c1-19-14(16)12-7-4-8-13(12)21(17,18)15-10-5-3-6-11(9-10)20-2/h3,5-6,9,12-13,15H,4,7-8H2,1-2H3. The summed E-state index contributed by atoms with van der Waals surface area (Å²) in [5.41, 5.74) is 0.525. The van der Waals surface area contributed by atoms with Gasteiger partial charge in [0.2, 0.25) is 10.0 Å². The Morgan fingerprint density at radius 3 is 2.81 bits per heavy atom. The number of carbonyl (C=O) groups excluding carboxylic acids is 1. The summed E-state index contributed by atoms with van der Waals surface area (Å²) in [5, 5.41) is -0.720. The molecule has 2 unspecified atom stereocenters. The van der Waals surface area contributed by atoms with E-state index in [4.69, 9.17) is 4.74 Å². The molecule has 0 heterocycles. The Labute approximate surface area is 129 Å². The van der Waals surface area contributed by atoms with Gasteiger partial charge >= 0.3 is 5.97 Å². The van der Waals surface area contributed by atoms with E-state index in [0.29, 0.717) is 18.5 Å². The van der Waals surface area contributed by atoms with Crippen molar-refractivity contribution in [1.82, 2.24) is 0 Å². The normalized spacial score (nSPS) is 22.0. The maximum atomic E-state index is 12.5. The number of ether oxygens (including phenoxy) is 1. The smallest absolute Gasteiger partial charge is 0.310 e. The van der Waals surface area contributed by atoms with Crippen molar-refractivity contribution in [3.05, 3.63) is 24.3 Å². The van der Waals surface area contributed by atoms with E-state index in [2.05, 4.69) is 4.72 Å². The predicted octanol–water partition coefficient (Wildman–Crippen LogP) is 2.49. The summed E-state index contributed by atoms with van der Waals surface area (Å²) in [6.07, 6.45) is 3.69. The molecule has 1 fully saturated rings. The third-order valence-electron chi connectivity index (χ3n) is 3.68. The number of hydrogen-bond donors (Lipinski definition) is 1. The number of thioether (sulfide) groups is 1. The van der Waals surface area contributed by atoms with Crippen LogP contribution < -0.4 is 4.72 Å². The first-order valence-corrected chi connectivity index (χ1v) is 9.48. The van der Waals surface area contributed by atoms with Crippen molar-refractivity contribution in [3.63, 3.8) is 0 Å². The fourth-order valence-electron chi connectivity index (χ4n) is 2.64. The van der Waals surface area contributed by atoms with E-state index in [1.807, 2.05) is 12.3 Å². The van der Waals surface area contributed by atoms with Gasteiger partial charge in [-0.2, -0.15) is 0 Å². The lowest BCUT2D eigenvalue weighted by Gasteiger charge is -2.19. The third-order valence-corrected chi connectivity index (χ3v) is 6.29. The molecule has 0 amide bonds. The van der Waals surface area contributed by atoms with Gasteiger partial charge < -0.3 is 4.74 Å². The summed E-state index contributed by atoms with van der Waals surface area (Å²) in [4.78, 5) is 12.7. The van der Waals surface area contributed by atoms with E-state index in [0.717, 1.165) is 11.3 Å². The molecule has 1 saturated carbocycles. The number of benzene rings is 1. The van der Waals surface area contributed by atoms with Gasteiger partial charge in [0, 0.05) is 10.6 Å². The summed E-state index contributed by atoms with van der Waals surface area (Å²) >= 11 is 1.54. The molecule has 2 rings (SSSR count). The third kappa shape index (κ3) is 3.71. The van der Waals surface area contributed by atoms with Gasteiger partial charge in [-0.05, 0) is 37.3 Å². The van der Waals surface area contributed by atoms with E-state index in [9.17, 15) is 13.2 Å². The van der Waals surface area contributed by atoms with E-state index in [1.165, 1.54) is 7.11 Å². The first-order chi connectivity index (χ1) is 9.97. The SMILES string of the molecule is COC(=O)C1CCCC1S(=O)(=O)Nc1cccc(SC)c1. The number of rotatable bonds is 5. The quantitative estimate of drug-likeness (QED) is 0.664. The molecule has 0 aliphatic heterocycles. The molecule has 1 aliphatic carbocycles. The Morgan fingerprint density at radius 2 is 2.14 bits per heavy atom. The second-order valence-electron chi connectivity index (χ2n) is 4.98. The zero-order valence-corrected chi connectivity index (χ0v) is 13.7. The molecule has 2 atom stereocenters. The zero-order valence-electron chi connectivity index (χ0n) is 12.0. The van der Waals surface area contributed by atoms with Gasteiger partial charge in [-0.3, -0.25) is 9.52 Å². The molecular weight excluding hydrogens is 310 g/mol. The van der Waals surface area contributed by atoms with E-state index in [1.54, 1.807) is 30.0 Å². The summed E-state index contributed by atoms with van der Waals surface area (Å²) in [5.74, 6) is -1.02. The average molecular weight is 329 g/mol. The van der Waals surface area contributed by atoms with Crippen LogP contribution in [0.1, 0.15) is 19.3 Å². The molecular formula is C14H19NO4S2. The van der Waals surface area contributed by atoms with Gasteiger partial charge in [-0.1, -0.05) is 12.5 Å². The molecule has 5 nitrogen and oxygen atoms in total. The summed E-state index contributed by atoms with van der Waals surface area (Å²) < 4.78 is 32.3.